The van der Waals surface area contributed by atoms with E-state index in [1.165, 1.54) is 10.9 Å². The maximum atomic E-state index is 13.1. The number of nitrogens with two attached hydrogens (primary N) is 1. The summed E-state index contributed by atoms with van der Waals surface area (Å²) in [6, 6.07) is -1.01. The zero-order valence-electron chi connectivity index (χ0n) is 10.1. The number of halogens is 2. The summed E-state index contributed by atoms with van der Waals surface area (Å²) in [6.45, 7) is 0. The summed E-state index contributed by atoms with van der Waals surface area (Å²) in [5, 5.41) is 7.06. The molecule has 1 aromatic heterocycles. The molecule has 2 heterocycles. The second kappa shape index (κ2) is 4.44. The van der Waals surface area contributed by atoms with E-state index in [0.29, 0.717) is 18.2 Å². The van der Waals surface area contributed by atoms with E-state index in [4.69, 9.17) is 5.84 Å². The van der Waals surface area contributed by atoms with Crippen LogP contribution in [0.15, 0.2) is 6.20 Å². The molecule has 104 valence electrons. The highest BCUT2D eigenvalue weighted by atomic mass is 19.3. The van der Waals surface area contributed by atoms with Gasteiger partial charge >= 0.3 is 0 Å². The SMILES string of the molecule is NNC(=O)c1cnn2c1NC(C1CC1)CC2C(F)F. The summed E-state index contributed by atoms with van der Waals surface area (Å²) >= 11 is 0. The third-order valence-electron chi connectivity index (χ3n) is 3.78. The number of alkyl halides is 2. The van der Waals surface area contributed by atoms with Crippen LogP contribution in [0.1, 0.15) is 35.7 Å². The predicted octanol–water partition coefficient (Wildman–Crippen LogP) is 0.887. The molecule has 1 fully saturated rings. The molecular formula is C11H15F2N5O. The molecule has 3 rings (SSSR count). The van der Waals surface area contributed by atoms with E-state index in [1.807, 2.05) is 5.43 Å². The van der Waals surface area contributed by atoms with Crippen LogP contribution in [0.5, 0.6) is 0 Å². The Balaban J connectivity index is 1.97. The Morgan fingerprint density at radius 2 is 2.32 bits per heavy atom. The molecule has 1 saturated carbocycles. The number of fused-ring (bicyclic) bond motifs is 1. The molecule has 19 heavy (non-hydrogen) atoms. The zero-order valence-corrected chi connectivity index (χ0v) is 10.1. The summed E-state index contributed by atoms with van der Waals surface area (Å²) in [7, 11) is 0. The van der Waals surface area contributed by atoms with Crippen molar-refractivity contribution in [2.45, 2.75) is 37.8 Å². The van der Waals surface area contributed by atoms with Gasteiger partial charge in [0.2, 0.25) is 0 Å². The summed E-state index contributed by atoms with van der Waals surface area (Å²) < 4.78 is 27.5. The lowest BCUT2D eigenvalue weighted by molar-refractivity contribution is 0.0644. The Kier molecular flexibility index (Phi) is 2.89. The number of amides is 1. The Morgan fingerprint density at radius 3 is 2.89 bits per heavy atom. The predicted molar refractivity (Wildman–Crippen MR) is 63.7 cm³/mol. The van der Waals surface area contributed by atoms with Crippen LogP contribution in [0.2, 0.25) is 0 Å². The third kappa shape index (κ3) is 2.05. The first-order chi connectivity index (χ1) is 9.11. The van der Waals surface area contributed by atoms with Gasteiger partial charge in [0.1, 0.15) is 17.4 Å². The van der Waals surface area contributed by atoms with Gasteiger partial charge in [0.15, 0.2) is 0 Å². The second-order valence-electron chi connectivity index (χ2n) is 5.05. The Hall–Kier alpha value is -1.70. The molecule has 1 aliphatic heterocycles. The molecule has 2 aliphatic rings. The average molecular weight is 271 g/mol. The van der Waals surface area contributed by atoms with Gasteiger partial charge in [-0.3, -0.25) is 10.2 Å². The van der Waals surface area contributed by atoms with E-state index in [2.05, 4.69) is 10.4 Å². The van der Waals surface area contributed by atoms with Crippen LogP contribution in [0.25, 0.3) is 0 Å². The fourth-order valence-corrected chi connectivity index (χ4v) is 2.61. The average Bonchev–Trinajstić information content (AvgIpc) is 3.16. The van der Waals surface area contributed by atoms with Crippen molar-refractivity contribution in [3.8, 4) is 0 Å². The van der Waals surface area contributed by atoms with Crippen LogP contribution in [0.3, 0.4) is 0 Å². The van der Waals surface area contributed by atoms with Crippen molar-refractivity contribution in [3.05, 3.63) is 11.8 Å². The van der Waals surface area contributed by atoms with E-state index in [9.17, 15) is 13.6 Å². The van der Waals surface area contributed by atoms with Crippen molar-refractivity contribution in [2.75, 3.05) is 5.32 Å². The van der Waals surface area contributed by atoms with E-state index in [0.717, 1.165) is 12.8 Å². The van der Waals surface area contributed by atoms with Crippen molar-refractivity contribution in [1.82, 2.24) is 15.2 Å². The maximum Gasteiger partial charge on any atom is 0.270 e. The van der Waals surface area contributed by atoms with Crippen molar-refractivity contribution >= 4 is 11.7 Å². The van der Waals surface area contributed by atoms with E-state index >= 15 is 0 Å². The van der Waals surface area contributed by atoms with E-state index < -0.39 is 18.4 Å². The number of anilines is 1. The number of rotatable bonds is 3. The van der Waals surface area contributed by atoms with Crippen LogP contribution in [0, 0.1) is 5.92 Å². The highest BCUT2D eigenvalue weighted by Gasteiger charge is 2.41. The van der Waals surface area contributed by atoms with Gasteiger partial charge in [-0.1, -0.05) is 0 Å². The van der Waals surface area contributed by atoms with Crippen LogP contribution in [-0.2, 0) is 0 Å². The van der Waals surface area contributed by atoms with Crippen LogP contribution in [-0.4, -0.2) is 28.2 Å². The van der Waals surface area contributed by atoms with Gasteiger partial charge in [0, 0.05) is 6.04 Å². The summed E-state index contributed by atoms with van der Waals surface area (Å²) in [4.78, 5) is 11.6. The molecule has 0 radical (unpaired) electrons. The molecule has 0 aromatic carbocycles. The molecule has 0 spiro atoms. The lowest BCUT2D eigenvalue weighted by atomic mass is 10.0. The van der Waals surface area contributed by atoms with Crippen LogP contribution in [0.4, 0.5) is 14.6 Å². The molecule has 1 amide bonds. The standard InChI is InChI=1S/C11H15F2N5O/c12-9(13)8-3-7(5-1-2-5)16-10-6(11(19)17-14)4-15-18(8)10/h4-5,7-9,16H,1-3,14H2,(H,17,19). The minimum absolute atomic E-state index is 0.0208. The second-order valence-corrected chi connectivity index (χ2v) is 5.05. The van der Waals surface area contributed by atoms with Gasteiger partial charge in [-0.2, -0.15) is 5.10 Å². The minimum Gasteiger partial charge on any atom is -0.367 e. The fraction of sp³-hybridized carbons (Fsp3) is 0.636. The summed E-state index contributed by atoms with van der Waals surface area (Å²) in [6.07, 6.45) is 1.19. The topological polar surface area (TPSA) is 85.0 Å². The molecule has 2 atom stereocenters. The molecule has 2 unspecified atom stereocenters. The lowest BCUT2D eigenvalue weighted by Crippen LogP contribution is -2.38. The smallest absolute Gasteiger partial charge is 0.270 e. The van der Waals surface area contributed by atoms with Gasteiger partial charge in [-0.15, -0.1) is 0 Å². The van der Waals surface area contributed by atoms with Crippen LogP contribution < -0.4 is 16.6 Å². The molecule has 6 nitrogen and oxygen atoms in total. The van der Waals surface area contributed by atoms with Gasteiger partial charge in [0.25, 0.3) is 12.3 Å². The highest BCUT2D eigenvalue weighted by Crippen LogP contribution is 2.42. The number of carbonyl (C=O) groups is 1. The van der Waals surface area contributed by atoms with Crippen molar-refractivity contribution < 1.29 is 13.6 Å². The van der Waals surface area contributed by atoms with Gasteiger partial charge in [0.05, 0.1) is 6.20 Å². The van der Waals surface area contributed by atoms with Gasteiger partial charge in [-0.05, 0) is 25.2 Å². The molecule has 0 saturated heterocycles. The normalized spacial score (nSPS) is 25.9. The first-order valence-corrected chi connectivity index (χ1v) is 6.25. The Morgan fingerprint density at radius 1 is 1.58 bits per heavy atom. The molecule has 4 N–H and O–H groups in total. The van der Waals surface area contributed by atoms with Crippen LogP contribution >= 0.6 is 0 Å². The number of nitrogens with zero attached hydrogens (tertiary/aromatic N) is 2. The highest BCUT2D eigenvalue weighted by molar-refractivity contribution is 5.98. The summed E-state index contributed by atoms with van der Waals surface area (Å²) in [5.74, 6) is 5.32. The van der Waals surface area contributed by atoms with Crippen molar-refractivity contribution in [2.24, 2.45) is 11.8 Å². The molecule has 1 aliphatic carbocycles. The minimum atomic E-state index is -2.50. The molecular weight excluding hydrogens is 256 g/mol. The largest absolute Gasteiger partial charge is 0.367 e. The number of hydrogen-bond acceptors (Lipinski definition) is 4. The van der Waals surface area contributed by atoms with Crippen molar-refractivity contribution in [3.63, 3.8) is 0 Å². The van der Waals surface area contributed by atoms with Crippen molar-refractivity contribution in [1.29, 1.82) is 0 Å². The number of hydrazine groups is 1. The number of carbonyl (C=O) groups excluding carboxylic acids is 1. The Labute approximate surface area is 108 Å². The molecule has 8 heteroatoms. The first kappa shape index (κ1) is 12.3. The molecule has 1 aromatic rings. The monoisotopic (exact) mass is 271 g/mol. The maximum absolute atomic E-state index is 13.1. The lowest BCUT2D eigenvalue weighted by Gasteiger charge is -2.32. The fourth-order valence-electron chi connectivity index (χ4n) is 2.61. The number of hydrogen-bond donors (Lipinski definition) is 3. The van der Waals surface area contributed by atoms with E-state index in [1.54, 1.807) is 0 Å². The zero-order chi connectivity index (χ0) is 13.6. The molecule has 0 bridgehead atoms. The van der Waals surface area contributed by atoms with Gasteiger partial charge in [-0.25, -0.2) is 19.3 Å². The quantitative estimate of drug-likeness (QED) is 0.433. The number of aromatic nitrogens is 2. The van der Waals surface area contributed by atoms with Gasteiger partial charge < -0.3 is 5.32 Å². The number of nitrogens with one attached hydrogen (secondary N) is 2. The summed E-state index contributed by atoms with van der Waals surface area (Å²) in [5.41, 5.74) is 2.21. The third-order valence-corrected chi connectivity index (χ3v) is 3.78. The van der Waals surface area contributed by atoms with E-state index in [-0.39, 0.29) is 11.6 Å². The Bertz CT molecular complexity index is 499. The first-order valence-electron chi connectivity index (χ1n) is 6.25. The number of nitrogen functional groups attached to an aromatic ring is 1.